The predicted octanol–water partition coefficient (Wildman–Crippen LogP) is 2.43. The average molecular weight is 361 g/mol. The molecule has 0 N–H and O–H groups in total. The standard InChI is InChI=1S/C14H18F3N5O3/c1-23-8-10-18-12(25-21-10)7-22-5-3-2-4-9(22)13-20-19-11(24-13)6-14(15,16)17/h9H,2-8H2,1H3/t9-/m1/s1. The van der Waals surface area contributed by atoms with Gasteiger partial charge in [-0.15, -0.1) is 10.2 Å². The van der Waals surface area contributed by atoms with Crippen molar-refractivity contribution >= 4 is 0 Å². The minimum Gasteiger partial charge on any atom is -0.423 e. The van der Waals surface area contributed by atoms with Gasteiger partial charge in [-0.2, -0.15) is 18.2 Å². The molecule has 0 spiro atoms. The molecule has 1 aliphatic rings. The van der Waals surface area contributed by atoms with Crippen LogP contribution >= 0.6 is 0 Å². The van der Waals surface area contributed by atoms with Crippen molar-refractivity contribution in [1.82, 2.24) is 25.2 Å². The fourth-order valence-corrected chi connectivity index (χ4v) is 2.82. The summed E-state index contributed by atoms with van der Waals surface area (Å²) in [7, 11) is 1.53. The van der Waals surface area contributed by atoms with E-state index in [1.165, 1.54) is 7.11 Å². The number of nitrogens with zero attached hydrogens (tertiary/aromatic N) is 5. The highest BCUT2D eigenvalue weighted by molar-refractivity contribution is 4.96. The van der Waals surface area contributed by atoms with Crippen LogP contribution in [0.5, 0.6) is 0 Å². The minimum atomic E-state index is -4.38. The molecule has 2 aromatic heterocycles. The first-order valence-electron chi connectivity index (χ1n) is 7.88. The van der Waals surface area contributed by atoms with Gasteiger partial charge >= 0.3 is 6.18 Å². The maximum atomic E-state index is 12.4. The van der Waals surface area contributed by atoms with Crippen molar-refractivity contribution in [2.45, 2.75) is 51.1 Å². The fourth-order valence-electron chi connectivity index (χ4n) is 2.82. The molecular formula is C14H18F3N5O3. The van der Waals surface area contributed by atoms with Crippen LogP contribution < -0.4 is 0 Å². The molecule has 1 fully saturated rings. The minimum absolute atomic E-state index is 0.190. The Morgan fingerprint density at radius 1 is 1.24 bits per heavy atom. The molecule has 2 aromatic rings. The number of likely N-dealkylation sites (tertiary alicyclic amines) is 1. The van der Waals surface area contributed by atoms with E-state index in [2.05, 4.69) is 20.3 Å². The van der Waals surface area contributed by atoms with E-state index in [1.807, 2.05) is 4.90 Å². The van der Waals surface area contributed by atoms with Crippen LogP contribution in [-0.2, 0) is 24.3 Å². The van der Waals surface area contributed by atoms with E-state index < -0.39 is 18.5 Å². The lowest BCUT2D eigenvalue weighted by molar-refractivity contribution is -0.131. The normalized spacial score (nSPS) is 19.4. The van der Waals surface area contributed by atoms with E-state index in [0.29, 0.717) is 24.7 Å². The van der Waals surface area contributed by atoms with Gasteiger partial charge in [-0.3, -0.25) is 4.90 Å². The van der Waals surface area contributed by atoms with Gasteiger partial charge < -0.3 is 13.7 Å². The summed E-state index contributed by atoms with van der Waals surface area (Å²) < 4.78 is 52.7. The van der Waals surface area contributed by atoms with Crippen LogP contribution in [0.1, 0.15) is 48.8 Å². The second-order valence-corrected chi connectivity index (χ2v) is 5.85. The van der Waals surface area contributed by atoms with Gasteiger partial charge in [0.1, 0.15) is 13.0 Å². The number of ether oxygens (including phenoxy) is 1. The van der Waals surface area contributed by atoms with Crippen molar-refractivity contribution in [2.75, 3.05) is 13.7 Å². The molecule has 0 saturated carbocycles. The maximum Gasteiger partial charge on any atom is 0.397 e. The van der Waals surface area contributed by atoms with Crippen molar-refractivity contribution in [1.29, 1.82) is 0 Å². The lowest BCUT2D eigenvalue weighted by atomic mass is 10.0. The van der Waals surface area contributed by atoms with Crippen molar-refractivity contribution in [2.24, 2.45) is 0 Å². The van der Waals surface area contributed by atoms with Gasteiger partial charge in [0.25, 0.3) is 0 Å². The Morgan fingerprint density at radius 2 is 2.08 bits per heavy atom. The first-order valence-corrected chi connectivity index (χ1v) is 7.88. The molecule has 0 amide bonds. The molecule has 1 saturated heterocycles. The topological polar surface area (TPSA) is 90.3 Å². The van der Waals surface area contributed by atoms with Crippen molar-refractivity contribution in [3.63, 3.8) is 0 Å². The van der Waals surface area contributed by atoms with Crippen molar-refractivity contribution in [3.05, 3.63) is 23.5 Å². The fraction of sp³-hybridized carbons (Fsp3) is 0.714. The van der Waals surface area contributed by atoms with Crippen LogP contribution in [0.4, 0.5) is 13.2 Å². The zero-order valence-electron chi connectivity index (χ0n) is 13.6. The van der Waals surface area contributed by atoms with Gasteiger partial charge in [0.2, 0.25) is 17.7 Å². The van der Waals surface area contributed by atoms with Gasteiger partial charge in [-0.1, -0.05) is 11.6 Å². The van der Waals surface area contributed by atoms with E-state index in [-0.39, 0.29) is 18.5 Å². The molecule has 8 nitrogen and oxygen atoms in total. The highest BCUT2D eigenvalue weighted by Gasteiger charge is 2.34. The third-order valence-corrected chi connectivity index (χ3v) is 3.85. The van der Waals surface area contributed by atoms with E-state index in [0.717, 1.165) is 19.4 Å². The van der Waals surface area contributed by atoms with E-state index in [4.69, 9.17) is 13.7 Å². The van der Waals surface area contributed by atoms with Crippen LogP contribution in [0.3, 0.4) is 0 Å². The Bertz CT molecular complexity index is 687. The second kappa shape index (κ2) is 7.48. The summed E-state index contributed by atoms with van der Waals surface area (Å²) in [6.45, 7) is 1.33. The van der Waals surface area contributed by atoms with Crippen molar-refractivity contribution in [3.8, 4) is 0 Å². The lowest BCUT2D eigenvalue weighted by Crippen LogP contribution is -2.33. The predicted molar refractivity (Wildman–Crippen MR) is 76.1 cm³/mol. The van der Waals surface area contributed by atoms with Crippen LogP contribution in [-0.4, -0.2) is 45.1 Å². The number of aromatic nitrogens is 4. The molecule has 3 heterocycles. The summed E-state index contributed by atoms with van der Waals surface area (Å²) in [5, 5.41) is 11.1. The molecule has 1 atom stereocenters. The largest absolute Gasteiger partial charge is 0.423 e. The summed E-state index contributed by atoms with van der Waals surface area (Å²) in [6, 6.07) is -0.263. The van der Waals surface area contributed by atoms with Crippen molar-refractivity contribution < 1.29 is 26.8 Å². The number of rotatable bonds is 6. The molecule has 11 heteroatoms. The maximum absolute atomic E-state index is 12.4. The third kappa shape index (κ3) is 4.75. The highest BCUT2D eigenvalue weighted by Crippen LogP contribution is 2.32. The number of methoxy groups -OCH3 is 1. The van der Waals surface area contributed by atoms with Crippen LogP contribution in [0.15, 0.2) is 8.94 Å². The van der Waals surface area contributed by atoms with Crippen LogP contribution in [0, 0.1) is 0 Å². The number of hydrogen-bond acceptors (Lipinski definition) is 8. The van der Waals surface area contributed by atoms with Gasteiger partial charge in [-0.25, -0.2) is 0 Å². The Balaban J connectivity index is 1.70. The molecule has 1 aliphatic heterocycles. The van der Waals surface area contributed by atoms with Gasteiger partial charge in [0.05, 0.1) is 12.6 Å². The molecule has 0 aliphatic carbocycles. The molecule has 0 radical (unpaired) electrons. The number of hydrogen-bond donors (Lipinski definition) is 0. The zero-order valence-corrected chi connectivity index (χ0v) is 13.6. The quantitative estimate of drug-likeness (QED) is 0.775. The number of alkyl halides is 3. The van der Waals surface area contributed by atoms with E-state index in [1.54, 1.807) is 0 Å². The average Bonchev–Trinajstić information content (AvgIpc) is 3.16. The molecule has 138 valence electrons. The van der Waals surface area contributed by atoms with E-state index in [9.17, 15) is 13.2 Å². The van der Waals surface area contributed by atoms with Gasteiger partial charge in [0, 0.05) is 7.11 Å². The molecule has 0 bridgehead atoms. The molecular weight excluding hydrogens is 343 g/mol. The Hall–Kier alpha value is -2.01. The number of halogens is 3. The lowest BCUT2D eigenvalue weighted by Gasteiger charge is -2.32. The Morgan fingerprint density at radius 3 is 2.84 bits per heavy atom. The van der Waals surface area contributed by atoms with Crippen LogP contribution in [0.2, 0.25) is 0 Å². The number of piperidine rings is 1. The summed E-state index contributed by atoms with van der Waals surface area (Å²) in [4.78, 5) is 6.21. The molecule has 0 unspecified atom stereocenters. The van der Waals surface area contributed by atoms with Crippen LogP contribution in [0.25, 0.3) is 0 Å². The highest BCUT2D eigenvalue weighted by atomic mass is 19.4. The first-order chi connectivity index (χ1) is 11.9. The molecule has 25 heavy (non-hydrogen) atoms. The van der Waals surface area contributed by atoms with Gasteiger partial charge in [-0.05, 0) is 19.4 Å². The molecule has 3 rings (SSSR count). The SMILES string of the molecule is COCc1noc(CN2CCCC[C@@H]2c2nnc(CC(F)(F)F)o2)n1. The summed E-state index contributed by atoms with van der Waals surface area (Å²) >= 11 is 0. The third-order valence-electron chi connectivity index (χ3n) is 3.85. The molecule has 0 aromatic carbocycles. The Labute approximate surface area is 141 Å². The zero-order chi connectivity index (χ0) is 17.9. The Kier molecular flexibility index (Phi) is 5.33. The monoisotopic (exact) mass is 361 g/mol. The van der Waals surface area contributed by atoms with E-state index >= 15 is 0 Å². The summed E-state index contributed by atoms with van der Waals surface area (Å²) in [6.07, 6.45) is -3.00. The smallest absolute Gasteiger partial charge is 0.397 e. The van der Waals surface area contributed by atoms with Gasteiger partial charge in [0.15, 0.2) is 5.82 Å². The summed E-state index contributed by atoms with van der Waals surface area (Å²) in [5.41, 5.74) is 0. The second-order valence-electron chi connectivity index (χ2n) is 5.85. The summed E-state index contributed by atoms with van der Waals surface area (Å²) in [5.74, 6) is 0.620. The first kappa shape index (κ1) is 17.8.